The zero-order valence-corrected chi connectivity index (χ0v) is 9.45. The van der Waals surface area contributed by atoms with E-state index in [-0.39, 0.29) is 0 Å². The van der Waals surface area contributed by atoms with Gasteiger partial charge in [-0.1, -0.05) is 22.0 Å². The first-order valence-corrected chi connectivity index (χ1v) is 5.43. The second-order valence-corrected chi connectivity index (χ2v) is 4.50. The van der Waals surface area contributed by atoms with Crippen LogP contribution < -0.4 is 5.73 Å². The molecule has 1 aromatic carbocycles. The molecule has 15 heavy (non-hydrogen) atoms. The standard InChI is InChI=1S/C11H8BrN3/c12-8-1-2-9-6(4-8)3-7-5-14-11(13)15-10(7)9/h1-2,4-5H,3H2,(H2,13,14,15). The van der Waals surface area contributed by atoms with Crippen LogP contribution in [0.15, 0.2) is 28.9 Å². The number of hydrogen-bond donors (Lipinski definition) is 1. The van der Waals surface area contributed by atoms with E-state index in [0.29, 0.717) is 5.95 Å². The molecule has 4 heteroatoms. The Balaban J connectivity index is 2.26. The molecule has 3 nitrogen and oxygen atoms in total. The van der Waals surface area contributed by atoms with Gasteiger partial charge in [-0.2, -0.15) is 0 Å². The molecule has 1 aliphatic carbocycles. The van der Waals surface area contributed by atoms with Gasteiger partial charge in [0.15, 0.2) is 0 Å². The van der Waals surface area contributed by atoms with E-state index in [4.69, 9.17) is 5.73 Å². The molecule has 0 aliphatic heterocycles. The summed E-state index contributed by atoms with van der Waals surface area (Å²) in [5, 5.41) is 0. The van der Waals surface area contributed by atoms with Crippen molar-refractivity contribution in [3.63, 3.8) is 0 Å². The van der Waals surface area contributed by atoms with Gasteiger partial charge >= 0.3 is 0 Å². The molecule has 1 aliphatic rings. The van der Waals surface area contributed by atoms with Gasteiger partial charge in [0.25, 0.3) is 0 Å². The van der Waals surface area contributed by atoms with Gasteiger partial charge in [-0.15, -0.1) is 0 Å². The van der Waals surface area contributed by atoms with E-state index in [2.05, 4.69) is 38.0 Å². The number of nitrogens with zero attached hydrogens (tertiary/aromatic N) is 2. The second kappa shape index (κ2) is 3.03. The maximum absolute atomic E-state index is 5.59. The minimum atomic E-state index is 0.338. The second-order valence-electron chi connectivity index (χ2n) is 3.58. The van der Waals surface area contributed by atoms with Crippen LogP contribution in [0.5, 0.6) is 0 Å². The Hall–Kier alpha value is -1.42. The molecule has 0 fully saturated rings. The Labute approximate surface area is 95.5 Å². The summed E-state index contributed by atoms with van der Waals surface area (Å²) in [5.74, 6) is 0.338. The Morgan fingerprint density at radius 3 is 3.00 bits per heavy atom. The smallest absolute Gasteiger partial charge is 0.220 e. The van der Waals surface area contributed by atoms with Gasteiger partial charge in [-0.05, 0) is 17.7 Å². The number of nitrogens with two attached hydrogens (primary N) is 1. The molecule has 2 aromatic rings. The summed E-state index contributed by atoms with van der Waals surface area (Å²) in [4.78, 5) is 8.29. The summed E-state index contributed by atoms with van der Waals surface area (Å²) in [6.45, 7) is 0. The predicted octanol–water partition coefficient (Wildman–Crippen LogP) is 2.39. The summed E-state index contributed by atoms with van der Waals surface area (Å²) in [6.07, 6.45) is 2.70. The molecule has 0 unspecified atom stereocenters. The van der Waals surface area contributed by atoms with Crippen LogP contribution in [-0.2, 0) is 6.42 Å². The summed E-state index contributed by atoms with van der Waals surface area (Å²) in [5.41, 5.74) is 10.2. The molecule has 0 radical (unpaired) electrons. The van der Waals surface area contributed by atoms with Gasteiger partial charge in [-0.3, -0.25) is 0 Å². The Bertz CT molecular complexity index is 552. The van der Waals surface area contributed by atoms with Crippen LogP contribution in [-0.4, -0.2) is 9.97 Å². The summed E-state index contributed by atoms with van der Waals surface area (Å²) >= 11 is 3.46. The van der Waals surface area contributed by atoms with E-state index in [9.17, 15) is 0 Å². The molecule has 2 N–H and O–H groups in total. The fraction of sp³-hybridized carbons (Fsp3) is 0.0909. The number of benzene rings is 1. The van der Waals surface area contributed by atoms with Crippen molar-refractivity contribution in [2.75, 3.05) is 5.73 Å². The fourth-order valence-corrected chi connectivity index (χ4v) is 2.34. The highest BCUT2D eigenvalue weighted by atomic mass is 79.9. The zero-order chi connectivity index (χ0) is 10.4. The normalized spacial score (nSPS) is 12.3. The van der Waals surface area contributed by atoms with E-state index in [1.165, 1.54) is 11.1 Å². The van der Waals surface area contributed by atoms with Crippen molar-refractivity contribution in [2.45, 2.75) is 6.42 Å². The topological polar surface area (TPSA) is 51.8 Å². The summed E-state index contributed by atoms with van der Waals surface area (Å²) in [7, 11) is 0. The van der Waals surface area contributed by atoms with Crippen molar-refractivity contribution in [3.05, 3.63) is 40.0 Å². The lowest BCUT2D eigenvalue weighted by atomic mass is 10.1. The number of anilines is 1. The van der Waals surface area contributed by atoms with E-state index in [0.717, 1.165) is 22.2 Å². The van der Waals surface area contributed by atoms with Gasteiger partial charge in [0.2, 0.25) is 5.95 Å². The van der Waals surface area contributed by atoms with Gasteiger partial charge in [-0.25, -0.2) is 9.97 Å². The number of halogens is 1. The minimum absolute atomic E-state index is 0.338. The summed E-state index contributed by atoms with van der Waals surface area (Å²) in [6, 6.07) is 6.21. The van der Waals surface area contributed by atoms with Gasteiger partial charge in [0.05, 0.1) is 5.69 Å². The van der Waals surface area contributed by atoms with E-state index < -0.39 is 0 Å². The Kier molecular flexibility index (Phi) is 1.79. The molecule has 0 atom stereocenters. The number of nitrogen functional groups attached to an aromatic ring is 1. The van der Waals surface area contributed by atoms with Crippen LogP contribution >= 0.6 is 15.9 Å². The van der Waals surface area contributed by atoms with E-state index in [1.54, 1.807) is 0 Å². The van der Waals surface area contributed by atoms with Crippen LogP contribution in [0.25, 0.3) is 11.3 Å². The lowest BCUT2D eigenvalue weighted by Gasteiger charge is -2.00. The van der Waals surface area contributed by atoms with Crippen molar-refractivity contribution in [1.29, 1.82) is 0 Å². The third-order valence-corrected chi connectivity index (χ3v) is 3.08. The van der Waals surface area contributed by atoms with E-state index >= 15 is 0 Å². The SMILES string of the molecule is Nc1ncc2c(n1)-c1ccc(Br)cc1C2. The maximum atomic E-state index is 5.59. The third kappa shape index (κ3) is 1.33. The van der Waals surface area contributed by atoms with Crippen LogP contribution in [0, 0.1) is 0 Å². The van der Waals surface area contributed by atoms with Crippen molar-refractivity contribution in [2.24, 2.45) is 0 Å². The molecule has 0 amide bonds. The fourth-order valence-electron chi connectivity index (χ4n) is 1.93. The third-order valence-electron chi connectivity index (χ3n) is 2.59. The number of rotatable bonds is 0. The van der Waals surface area contributed by atoms with Crippen LogP contribution in [0.2, 0.25) is 0 Å². The summed E-state index contributed by atoms with van der Waals surface area (Å²) < 4.78 is 1.09. The molecule has 0 spiro atoms. The van der Waals surface area contributed by atoms with Crippen molar-refractivity contribution in [1.82, 2.24) is 9.97 Å². The van der Waals surface area contributed by atoms with Crippen LogP contribution in [0.1, 0.15) is 11.1 Å². The molecular weight excluding hydrogens is 254 g/mol. The minimum Gasteiger partial charge on any atom is -0.368 e. The molecule has 0 saturated heterocycles. The highest BCUT2D eigenvalue weighted by Gasteiger charge is 2.20. The Morgan fingerprint density at radius 1 is 1.27 bits per heavy atom. The molecule has 0 saturated carbocycles. The van der Waals surface area contributed by atoms with Gasteiger partial charge in [0.1, 0.15) is 0 Å². The van der Waals surface area contributed by atoms with Crippen LogP contribution in [0.3, 0.4) is 0 Å². The monoisotopic (exact) mass is 261 g/mol. The van der Waals surface area contributed by atoms with Gasteiger partial charge in [0, 0.05) is 28.2 Å². The predicted molar refractivity (Wildman–Crippen MR) is 62.4 cm³/mol. The Morgan fingerprint density at radius 2 is 2.13 bits per heavy atom. The molecule has 3 rings (SSSR count). The molecule has 74 valence electrons. The first-order valence-electron chi connectivity index (χ1n) is 4.64. The quantitative estimate of drug-likeness (QED) is 0.676. The lowest BCUT2D eigenvalue weighted by Crippen LogP contribution is -1.96. The average molecular weight is 262 g/mol. The van der Waals surface area contributed by atoms with E-state index in [1.807, 2.05) is 12.3 Å². The average Bonchev–Trinajstić information content (AvgIpc) is 2.54. The number of hydrogen-bond acceptors (Lipinski definition) is 3. The first-order chi connectivity index (χ1) is 7.24. The highest BCUT2D eigenvalue weighted by Crippen LogP contribution is 2.36. The largest absolute Gasteiger partial charge is 0.368 e. The first kappa shape index (κ1) is 8.85. The lowest BCUT2D eigenvalue weighted by molar-refractivity contribution is 1.13. The van der Waals surface area contributed by atoms with Crippen molar-refractivity contribution < 1.29 is 0 Å². The number of aromatic nitrogens is 2. The van der Waals surface area contributed by atoms with Crippen molar-refractivity contribution >= 4 is 21.9 Å². The van der Waals surface area contributed by atoms with Crippen LogP contribution in [0.4, 0.5) is 5.95 Å². The maximum Gasteiger partial charge on any atom is 0.220 e. The highest BCUT2D eigenvalue weighted by molar-refractivity contribution is 9.10. The van der Waals surface area contributed by atoms with Gasteiger partial charge < -0.3 is 5.73 Å². The molecule has 1 aromatic heterocycles. The van der Waals surface area contributed by atoms with Crippen molar-refractivity contribution in [3.8, 4) is 11.3 Å². The zero-order valence-electron chi connectivity index (χ0n) is 7.87. The molecular formula is C11H8BrN3. The number of fused-ring (bicyclic) bond motifs is 3. The molecule has 1 heterocycles. The molecule has 0 bridgehead atoms.